The zero-order valence-corrected chi connectivity index (χ0v) is 8.47. The highest BCUT2D eigenvalue weighted by Gasteiger charge is 2.60. The summed E-state index contributed by atoms with van der Waals surface area (Å²) >= 11 is 0. The van der Waals surface area contributed by atoms with Crippen molar-refractivity contribution in [2.75, 3.05) is 5.06 Å². The van der Waals surface area contributed by atoms with E-state index in [1.54, 1.807) is 12.1 Å². The van der Waals surface area contributed by atoms with Crippen molar-refractivity contribution in [3.8, 4) is 0 Å². The average Bonchev–Trinajstić information content (AvgIpc) is 2.36. The largest absolute Gasteiger partial charge is 0.424 e. The van der Waals surface area contributed by atoms with Crippen LogP contribution in [-0.2, 0) is 29.4 Å². The summed E-state index contributed by atoms with van der Waals surface area (Å²) in [7, 11) is -4.42. The first kappa shape index (κ1) is 9.73. The van der Waals surface area contributed by atoms with E-state index in [0.29, 0.717) is 5.06 Å². The highest BCUT2D eigenvalue weighted by Crippen LogP contribution is 2.45. The van der Waals surface area contributed by atoms with Crippen LogP contribution in [0.2, 0.25) is 0 Å². The number of nitrogens with zero attached hydrogens (tertiary/aromatic N) is 1. The first-order valence-corrected chi connectivity index (χ1v) is 5.59. The number of anilines is 1. The second kappa shape index (κ2) is 2.61. The minimum Gasteiger partial charge on any atom is -0.353 e. The number of rotatable bonds is 0. The molecule has 8 heteroatoms. The molecule has 2 bridgehead atoms. The van der Waals surface area contributed by atoms with Gasteiger partial charge in [0.05, 0.1) is 5.69 Å². The molecule has 2 aliphatic rings. The lowest BCUT2D eigenvalue weighted by Gasteiger charge is -2.26. The third kappa shape index (κ3) is 1.01. The number of carbonyl (C=O) groups is 1. The van der Waals surface area contributed by atoms with Crippen LogP contribution in [0, 0.1) is 0 Å². The van der Waals surface area contributed by atoms with Crippen LogP contribution in [0.5, 0.6) is 0 Å². The van der Waals surface area contributed by atoms with Gasteiger partial charge >= 0.3 is 16.3 Å². The van der Waals surface area contributed by atoms with E-state index in [0.717, 1.165) is 0 Å². The van der Waals surface area contributed by atoms with Crippen LogP contribution in [0.25, 0.3) is 0 Å². The Hall–Kier alpha value is -1.48. The number of benzene rings is 1. The molecule has 1 N–H and O–H groups in total. The molecule has 2 aliphatic heterocycles. The van der Waals surface area contributed by atoms with Crippen LogP contribution in [0.1, 0.15) is 5.56 Å². The Morgan fingerprint density at radius 3 is 2.75 bits per heavy atom. The molecule has 1 unspecified atom stereocenters. The van der Waals surface area contributed by atoms with Gasteiger partial charge in [-0.25, -0.2) is 0 Å². The smallest absolute Gasteiger partial charge is 0.353 e. The highest BCUT2D eigenvalue weighted by molar-refractivity contribution is 7.82. The fourth-order valence-electron chi connectivity index (χ4n) is 1.71. The minimum atomic E-state index is -4.42. The summed E-state index contributed by atoms with van der Waals surface area (Å²) in [5.41, 5.74) is 0.192. The lowest BCUT2D eigenvalue weighted by molar-refractivity contribution is -0.185. The third-order valence-corrected chi connectivity index (χ3v) is 3.13. The lowest BCUT2D eigenvalue weighted by atomic mass is 10.1. The molecule has 7 nitrogen and oxygen atoms in total. The normalized spacial score (nSPS) is 30.3. The van der Waals surface area contributed by atoms with Gasteiger partial charge in [-0.2, -0.15) is 17.7 Å². The predicted octanol–water partition coefficient (Wildman–Crippen LogP) is -0.615. The number of carbonyl (C=O) groups excluding carboxylic acids is 1. The molecule has 1 fully saturated rings. The number of fused-ring (bicyclic) bond motifs is 5. The van der Waals surface area contributed by atoms with E-state index in [4.69, 9.17) is 0 Å². The Bertz CT molecular complexity index is 596. The van der Waals surface area contributed by atoms with Crippen molar-refractivity contribution < 1.29 is 26.8 Å². The molecule has 1 aromatic rings. The maximum atomic E-state index is 11.6. The molecule has 0 saturated carbocycles. The number of aliphatic hydroxyl groups is 1. The second-order valence-electron chi connectivity index (χ2n) is 3.33. The van der Waals surface area contributed by atoms with E-state index in [2.05, 4.69) is 8.47 Å². The SMILES string of the molecule is O=C1N2OS(=O)(=O)OC1(O)c1ccccc12. The van der Waals surface area contributed by atoms with E-state index in [1.165, 1.54) is 12.1 Å². The van der Waals surface area contributed by atoms with E-state index in [-0.39, 0.29) is 11.3 Å². The van der Waals surface area contributed by atoms with Crippen LogP contribution in [-0.4, -0.2) is 19.4 Å². The fraction of sp³-hybridized carbons (Fsp3) is 0.125. The zero-order chi connectivity index (χ0) is 11.6. The summed E-state index contributed by atoms with van der Waals surface area (Å²) in [6, 6.07) is 5.95. The molecule has 3 rings (SSSR count). The van der Waals surface area contributed by atoms with Crippen molar-refractivity contribution >= 4 is 22.0 Å². The average molecular weight is 243 g/mol. The van der Waals surface area contributed by atoms with Crippen LogP contribution >= 0.6 is 0 Å². The Kier molecular flexibility index (Phi) is 1.58. The minimum absolute atomic E-state index is 0.0427. The van der Waals surface area contributed by atoms with Crippen LogP contribution in [0.4, 0.5) is 5.69 Å². The van der Waals surface area contributed by atoms with Gasteiger partial charge in [-0.3, -0.25) is 4.79 Å². The monoisotopic (exact) mass is 243 g/mol. The maximum Gasteiger partial charge on any atom is 0.424 e. The summed E-state index contributed by atoms with van der Waals surface area (Å²) in [6.45, 7) is 0. The predicted molar refractivity (Wildman–Crippen MR) is 48.9 cm³/mol. The number of para-hydroxylation sites is 1. The summed E-state index contributed by atoms with van der Waals surface area (Å²) in [5.74, 6) is -3.49. The second-order valence-corrected chi connectivity index (χ2v) is 4.46. The number of hydrogen-bond acceptors (Lipinski definition) is 6. The van der Waals surface area contributed by atoms with Crippen LogP contribution < -0.4 is 5.06 Å². The molecular formula is C8H5NO6S. The number of hydrogen-bond donors (Lipinski definition) is 1. The van der Waals surface area contributed by atoms with Gasteiger partial charge < -0.3 is 5.11 Å². The lowest BCUT2D eigenvalue weighted by Crippen LogP contribution is -2.49. The summed E-state index contributed by atoms with van der Waals surface area (Å²) in [4.78, 5) is 11.6. The Morgan fingerprint density at radius 2 is 2.00 bits per heavy atom. The van der Waals surface area contributed by atoms with Gasteiger partial charge in [-0.05, 0) is 6.07 Å². The Labute approximate surface area is 90.1 Å². The van der Waals surface area contributed by atoms with Crippen molar-refractivity contribution in [3.63, 3.8) is 0 Å². The summed E-state index contributed by atoms with van der Waals surface area (Å²) in [5, 5.41) is 10.4. The van der Waals surface area contributed by atoms with Gasteiger partial charge in [0.15, 0.2) is 0 Å². The highest BCUT2D eigenvalue weighted by atomic mass is 32.3. The summed E-state index contributed by atoms with van der Waals surface area (Å²) < 4.78 is 30.9. The van der Waals surface area contributed by atoms with Gasteiger partial charge in [-0.1, -0.05) is 18.2 Å². The van der Waals surface area contributed by atoms with Gasteiger partial charge in [0, 0.05) is 5.56 Å². The molecule has 0 spiro atoms. The molecule has 1 atom stereocenters. The van der Waals surface area contributed by atoms with Gasteiger partial charge in [0.2, 0.25) is 0 Å². The van der Waals surface area contributed by atoms with Crippen molar-refractivity contribution in [1.29, 1.82) is 0 Å². The third-order valence-electron chi connectivity index (χ3n) is 2.35. The van der Waals surface area contributed by atoms with E-state index in [1.807, 2.05) is 0 Å². The van der Waals surface area contributed by atoms with E-state index in [9.17, 15) is 18.3 Å². The molecule has 2 heterocycles. The van der Waals surface area contributed by atoms with Gasteiger partial charge in [0.25, 0.3) is 5.79 Å². The van der Waals surface area contributed by atoms with Crippen molar-refractivity contribution in [2.24, 2.45) is 0 Å². The molecule has 0 radical (unpaired) electrons. The molecule has 0 aromatic heterocycles. The molecule has 1 amide bonds. The Morgan fingerprint density at radius 1 is 1.31 bits per heavy atom. The quantitative estimate of drug-likeness (QED) is 0.653. The molecule has 84 valence electrons. The van der Waals surface area contributed by atoms with Crippen molar-refractivity contribution in [1.82, 2.24) is 0 Å². The van der Waals surface area contributed by atoms with Gasteiger partial charge in [-0.15, -0.1) is 4.28 Å². The van der Waals surface area contributed by atoms with Gasteiger partial charge in [0.1, 0.15) is 0 Å². The molecule has 1 aromatic carbocycles. The maximum absolute atomic E-state index is 11.6. The summed E-state index contributed by atoms with van der Waals surface area (Å²) in [6.07, 6.45) is 0. The van der Waals surface area contributed by atoms with Crippen molar-refractivity contribution in [3.05, 3.63) is 29.8 Å². The topological polar surface area (TPSA) is 93.1 Å². The number of amides is 1. The first-order chi connectivity index (χ1) is 7.44. The molecular weight excluding hydrogens is 238 g/mol. The van der Waals surface area contributed by atoms with E-state index < -0.39 is 22.1 Å². The molecule has 16 heavy (non-hydrogen) atoms. The molecule has 1 saturated heterocycles. The van der Waals surface area contributed by atoms with Crippen molar-refractivity contribution in [2.45, 2.75) is 5.79 Å². The molecule has 0 aliphatic carbocycles. The zero-order valence-electron chi connectivity index (χ0n) is 7.65. The van der Waals surface area contributed by atoms with E-state index >= 15 is 0 Å². The first-order valence-electron chi connectivity index (χ1n) is 4.26. The number of hydroxylamine groups is 1. The van der Waals surface area contributed by atoms with Crippen LogP contribution in [0.3, 0.4) is 0 Å². The standard InChI is InChI=1S/C8H5NO6S/c10-7-8(11)5-3-1-2-4-6(5)9(7)15-16(12,13)14-8/h1-4,11H. The van der Waals surface area contributed by atoms with Crippen LogP contribution in [0.15, 0.2) is 24.3 Å². The fourth-order valence-corrected chi connectivity index (χ4v) is 2.53. The Balaban J connectivity index is 2.32.